The molecule has 1 aliphatic carbocycles. The highest BCUT2D eigenvalue weighted by Gasteiger charge is 2.11. The maximum absolute atomic E-state index is 9.49. The monoisotopic (exact) mass is 302 g/mol. The highest BCUT2D eigenvalue weighted by molar-refractivity contribution is 5.28. The van der Waals surface area contributed by atoms with Crippen LogP contribution in [0.2, 0.25) is 0 Å². The fourth-order valence-electron chi connectivity index (χ4n) is 3.77. The molecule has 0 atom stereocenters. The second-order valence-corrected chi connectivity index (χ2v) is 7.11. The van der Waals surface area contributed by atoms with Gasteiger partial charge in [-0.2, -0.15) is 0 Å². The van der Waals surface area contributed by atoms with Crippen LogP contribution in [0.1, 0.15) is 101 Å². The summed E-state index contributed by atoms with van der Waals surface area (Å²) < 4.78 is 0. The zero-order valence-electron chi connectivity index (χ0n) is 14.2. The van der Waals surface area contributed by atoms with E-state index in [-0.39, 0.29) is 0 Å². The summed E-state index contributed by atoms with van der Waals surface area (Å²) in [5.41, 5.74) is 1.43. The molecule has 1 nitrogen and oxygen atoms in total. The molecule has 0 unspecified atom stereocenters. The topological polar surface area (TPSA) is 20.2 Å². The molecule has 1 N–H and O–H groups in total. The Hall–Kier alpha value is -0.980. The van der Waals surface area contributed by atoms with Crippen molar-refractivity contribution >= 4 is 0 Å². The van der Waals surface area contributed by atoms with Crippen LogP contribution in [-0.4, -0.2) is 5.11 Å². The molecule has 0 aromatic heterocycles. The zero-order valence-corrected chi connectivity index (χ0v) is 14.2. The molecule has 0 aliphatic heterocycles. The molecular formula is C21H34O. The van der Waals surface area contributed by atoms with Gasteiger partial charge in [-0.15, -0.1) is 0 Å². The van der Waals surface area contributed by atoms with E-state index in [9.17, 15) is 5.11 Å². The van der Waals surface area contributed by atoms with Crippen LogP contribution < -0.4 is 0 Å². The maximum atomic E-state index is 9.49. The molecule has 0 spiro atoms. The Kier molecular flexibility index (Phi) is 8.45. The first-order valence-electron chi connectivity index (χ1n) is 9.65. The van der Waals surface area contributed by atoms with Gasteiger partial charge in [-0.05, 0) is 36.5 Å². The Labute approximate surface area is 137 Å². The number of aromatic hydroxyl groups is 1. The molecule has 124 valence electrons. The van der Waals surface area contributed by atoms with E-state index < -0.39 is 0 Å². The van der Waals surface area contributed by atoms with Gasteiger partial charge in [0.2, 0.25) is 0 Å². The third-order valence-corrected chi connectivity index (χ3v) is 5.22. The predicted octanol–water partition coefficient (Wildman–Crippen LogP) is 6.95. The Morgan fingerprint density at radius 3 is 1.32 bits per heavy atom. The van der Waals surface area contributed by atoms with Crippen molar-refractivity contribution in [2.75, 3.05) is 0 Å². The molecule has 1 aromatic rings. The Balaban J connectivity index is 1.86. The van der Waals surface area contributed by atoms with E-state index in [4.69, 9.17) is 0 Å². The first-order chi connectivity index (χ1) is 10.9. The van der Waals surface area contributed by atoms with E-state index in [1.807, 2.05) is 12.1 Å². The third kappa shape index (κ3) is 6.85. The summed E-state index contributed by atoms with van der Waals surface area (Å²) in [7, 11) is 0. The molecule has 1 fully saturated rings. The lowest BCUT2D eigenvalue weighted by Gasteiger charge is -2.17. The zero-order chi connectivity index (χ0) is 15.5. The van der Waals surface area contributed by atoms with E-state index in [1.165, 1.54) is 95.5 Å². The molecule has 0 heterocycles. The Bertz CT molecular complexity index is 365. The van der Waals surface area contributed by atoms with Crippen molar-refractivity contribution in [3.05, 3.63) is 29.8 Å². The minimum atomic E-state index is 0.390. The summed E-state index contributed by atoms with van der Waals surface area (Å²) in [6.07, 6.45) is 19.7. The number of phenolic OH excluding ortho intramolecular Hbond substituents is 1. The highest BCUT2D eigenvalue weighted by atomic mass is 16.3. The van der Waals surface area contributed by atoms with Gasteiger partial charge in [0.15, 0.2) is 0 Å². The van der Waals surface area contributed by atoms with Gasteiger partial charge in [-0.1, -0.05) is 89.2 Å². The molecular weight excluding hydrogens is 268 g/mol. The first-order valence-corrected chi connectivity index (χ1v) is 9.65. The van der Waals surface area contributed by atoms with Crippen molar-refractivity contribution in [2.24, 2.45) is 0 Å². The molecule has 0 radical (unpaired) electrons. The van der Waals surface area contributed by atoms with Crippen LogP contribution in [0.5, 0.6) is 5.75 Å². The van der Waals surface area contributed by atoms with Crippen molar-refractivity contribution in [1.29, 1.82) is 0 Å². The van der Waals surface area contributed by atoms with Crippen LogP contribution in [0.3, 0.4) is 0 Å². The summed E-state index contributed by atoms with van der Waals surface area (Å²) in [5.74, 6) is 1.09. The van der Waals surface area contributed by atoms with E-state index >= 15 is 0 Å². The van der Waals surface area contributed by atoms with Crippen LogP contribution in [0.25, 0.3) is 0 Å². The number of phenols is 1. The molecule has 22 heavy (non-hydrogen) atoms. The quantitative estimate of drug-likeness (QED) is 0.595. The van der Waals surface area contributed by atoms with E-state index in [0.717, 1.165) is 0 Å². The van der Waals surface area contributed by atoms with Gasteiger partial charge in [0.1, 0.15) is 5.75 Å². The lowest BCUT2D eigenvalue weighted by Crippen LogP contribution is -1.99. The number of hydrogen-bond acceptors (Lipinski definition) is 1. The summed E-state index contributed by atoms with van der Waals surface area (Å²) >= 11 is 0. The Morgan fingerprint density at radius 1 is 0.545 bits per heavy atom. The van der Waals surface area contributed by atoms with E-state index in [1.54, 1.807) is 0 Å². The summed E-state index contributed by atoms with van der Waals surface area (Å²) in [6.45, 7) is 0. The molecule has 2 rings (SSSR count). The van der Waals surface area contributed by atoms with Crippen molar-refractivity contribution in [3.8, 4) is 5.75 Å². The number of benzene rings is 1. The maximum Gasteiger partial charge on any atom is 0.115 e. The SMILES string of the molecule is Oc1ccc(C2CCCCCCCCCCCCCC2)cc1. The fraction of sp³-hybridized carbons (Fsp3) is 0.714. The van der Waals surface area contributed by atoms with Crippen molar-refractivity contribution < 1.29 is 5.11 Å². The van der Waals surface area contributed by atoms with Gasteiger partial charge >= 0.3 is 0 Å². The van der Waals surface area contributed by atoms with Crippen molar-refractivity contribution in [1.82, 2.24) is 0 Å². The average Bonchev–Trinajstić information content (AvgIpc) is 2.54. The van der Waals surface area contributed by atoms with E-state index in [2.05, 4.69) is 12.1 Å². The van der Waals surface area contributed by atoms with Crippen LogP contribution >= 0.6 is 0 Å². The van der Waals surface area contributed by atoms with Gasteiger partial charge in [-0.25, -0.2) is 0 Å². The standard InChI is InChI=1S/C21H34O/c22-21-17-15-20(16-18-21)19-13-11-9-7-5-3-1-2-4-6-8-10-12-14-19/h15-19,22H,1-14H2. The largest absolute Gasteiger partial charge is 0.508 e. The minimum absolute atomic E-state index is 0.390. The third-order valence-electron chi connectivity index (χ3n) is 5.22. The summed E-state index contributed by atoms with van der Waals surface area (Å²) in [6, 6.07) is 7.97. The van der Waals surface area contributed by atoms with Gasteiger partial charge in [-0.3, -0.25) is 0 Å². The first kappa shape index (κ1) is 17.4. The Morgan fingerprint density at radius 2 is 0.909 bits per heavy atom. The van der Waals surface area contributed by atoms with Crippen LogP contribution in [0, 0.1) is 0 Å². The van der Waals surface area contributed by atoms with Gasteiger partial charge < -0.3 is 5.11 Å². The van der Waals surface area contributed by atoms with Gasteiger partial charge in [0, 0.05) is 0 Å². The molecule has 1 saturated carbocycles. The lowest BCUT2D eigenvalue weighted by atomic mass is 9.88. The fourth-order valence-corrected chi connectivity index (χ4v) is 3.77. The summed E-state index contributed by atoms with van der Waals surface area (Å²) in [5, 5.41) is 9.49. The van der Waals surface area contributed by atoms with Crippen LogP contribution in [0.15, 0.2) is 24.3 Å². The molecule has 0 amide bonds. The van der Waals surface area contributed by atoms with E-state index in [0.29, 0.717) is 11.7 Å². The lowest BCUT2D eigenvalue weighted by molar-refractivity contribution is 0.472. The number of rotatable bonds is 1. The molecule has 0 saturated heterocycles. The van der Waals surface area contributed by atoms with Crippen molar-refractivity contribution in [2.45, 2.75) is 95.8 Å². The summed E-state index contributed by atoms with van der Waals surface area (Å²) in [4.78, 5) is 0. The van der Waals surface area contributed by atoms with Crippen LogP contribution in [0.4, 0.5) is 0 Å². The smallest absolute Gasteiger partial charge is 0.115 e. The molecule has 1 aliphatic rings. The second-order valence-electron chi connectivity index (χ2n) is 7.11. The molecule has 1 heteroatoms. The van der Waals surface area contributed by atoms with Crippen molar-refractivity contribution in [3.63, 3.8) is 0 Å². The second kappa shape index (κ2) is 10.7. The van der Waals surface area contributed by atoms with Crippen LogP contribution in [-0.2, 0) is 0 Å². The molecule has 0 bridgehead atoms. The molecule has 1 aromatic carbocycles. The highest BCUT2D eigenvalue weighted by Crippen LogP contribution is 2.30. The van der Waals surface area contributed by atoms with Gasteiger partial charge in [0.05, 0.1) is 0 Å². The minimum Gasteiger partial charge on any atom is -0.508 e. The van der Waals surface area contributed by atoms with Gasteiger partial charge in [0.25, 0.3) is 0 Å². The average molecular weight is 303 g/mol. The predicted molar refractivity (Wildman–Crippen MR) is 95.5 cm³/mol. The normalized spacial score (nSPS) is 20.9. The number of hydrogen-bond donors (Lipinski definition) is 1.